The van der Waals surface area contributed by atoms with Gasteiger partial charge in [-0.2, -0.15) is 0 Å². The number of nitrogens with zero attached hydrogens (tertiary/aromatic N) is 1. The van der Waals surface area contributed by atoms with Crippen molar-refractivity contribution in [2.45, 2.75) is 50.7 Å². The molecule has 5 heteroatoms. The highest BCUT2D eigenvalue weighted by atomic mass is 32.1. The van der Waals surface area contributed by atoms with E-state index in [1.54, 1.807) is 17.5 Å². The second kappa shape index (κ2) is 5.36. The summed E-state index contributed by atoms with van der Waals surface area (Å²) in [6.45, 7) is 0.578. The van der Waals surface area contributed by atoms with Crippen molar-refractivity contribution in [3.63, 3.8) is 0 Å². The van der Waals surface area contributed by atoms with Crippen molar-refractivity contribution in [3.05, 3.63) is 16.6 Å². The summed E-state index contributed by atoms with van der Waals surface area (Å²) in [5, 5.41) is 9.50. The van der Waals surface area contributed by atoms with Crippen LogP contribution < -0.4 is 10.6 Å². The highest BCUT2D eigenvalue weighted by Crippen LogP contribution is 2.32. The van der Waals surface area contributed by atoms with E-state index in [1.807, 2.05) is 5.38 Å². The highest BCUT2D eigenvalue weighted by molar-refractivity contribution is 7.09. The van der Waals surface area contributed by atoms with E-state index >= 15 is 0 Å². The van der Waals surface area contributed by atoms with E-state index in [-0.39, 0.29) is 5.91 Å². The molecule has 0 saturated carbocycles. The molecule has 0 spiro atoms. The summed E-state index contributed by atoms with van der Waals surface area (Å²) in [5.74, 6) is 0.747. The van der Waals surface area contributed by atoms with E-state index in [1.165, 1.54) is 25.7 Å². The van der Waals surface area contributed by atoms with Gasteiger partial charge in [0.25, 0.3) is 0 Å². The van der Waals surface area contributed by atoms with Gasteiger partial charge in [-0.05, 0) is 31.6 Å². The average molecular weight is 265 g/mol. The Morgan fingerprint density at radius 3 is 2.89 bits per heavy atom. The molecule has 0 aliphatic carbocycles. The zero-order valence-corrected chi connectivity index (χ0v) is 11.2. The van der Waals surface area contributed by atoms with Crippen LogP contribution in [-0.2, 0) is 11.3 Å². The van der Waals surface area contributed by atoms with Crippen LogP contribution in [-0.4, -0.2) is 23.0 Å². The zero-order chi connectivity index (χ0) is 12.4. The molecule has 1 aromatic heterocycles. The van der Waals surface area contributed by atoms with Gasteiger partial charge in [0.2, 0.25) is 5.91 Å². The number of amides is 1. The molecule has 2 aliphatic heterocycles. The summed E-state index contributed by atoms with van der Waals surface area (Å²) in [7, 11) is 0. The van der Waals surface area contributed by atoms with Crippen LogP contribution in [0.2, 0.25) is 0 Å². The van der Waals surface area contributed by atoms with Gasteiger partial charge in [-0.1, -0.05) is 0 Å². The van der Waals surface area contributed by atoms with Gasteiger partial charge in [0, 0.05) is 30.1 Å². The highest BCUT2D eigenvalue weighted by Gasteiger charge is 2.34. The third kappa shape index (κ3) is 2.90. The van der Waals surface area contributed by atoms with Crippen molar-refractivity contribution in [1.82, 2.24) is 15.6 Å². The first-order valence-corrected chi connectivity index (χ1v) is 7.58. The quantitative estimate of drug-likeness (QED) is 0.871. The Labute approximate surface area is 111 Å². The van der Waals surface area contributed by atoms with Crippen LogP contribution in [0.5, 0.6) is 0 Å². The van der Waals surface area contributed by atoms with E-state index < -0.39 is 0 Å². The molecule has 2 unspecified atom stereocenters. The zero-order valence-electron chi connectivity index (χ0n) is 10.4. The van der Waals surface area contributed by atoms with Crippen molar-refractivity contribution in [3.8, 4) is 0 Å². The van der Waals surface area contributed by atoms with Crippen LogP contribution in [0.25, 0.3) is 0 Å². The molecular formula is C13H19N3OS. The Morgan fingerprint density at radius 2 is 2.22 bits per heavy atom. The van der Waals surface area contributed by atoms with Crippen LogP contribution in [0.1, 0.15) is 37.1 Å². The number of fused-ring (bicyclic) bond motifs is 2. The maximum atomic E-state index is 11.9. The van der Waals surface area contributed by atoms with Gasteiger partial charge in [-0.25, -0.2) is 4.98 Å². The fourth-order valence-corrected chi connectivity index (χ4v) is 3.75. The van der Waals surface area contributed by atoms with Crippen LogP contribution in [0.4, 0.5) is 0 Å². The van der Waals surface area contributed by atoms with E-state index in [0.29, 0.717) is 31.0 Å². The lowest BCUT2D eigenvalue weighted by molar-refractivity contribution is -0.122. The molecule has 1 aromatic rings. The molecule has 3 rings (SSSR count). The third-order valence-corrected chi connectivity index (χ3v) is 4.74. The Hall–Kier alpha value is -0.940. The lowest BCUT2D eigenvalue weighted by Gasteiger charge is -2.28. The van der Waals surface area contributed by atoms with Crippen LogP contribution in [0.15, 0.2) is 11.6 Å². The molecule has 98 valence electrons. The number of piperidine rings is 1. The topological polar surface area (TPSA) is 54.0 Å². The fourth-order valence-electron chi connectivity index (χ4n) is 3.19. The number of carbonyl (C=O) groups is 1. The molecule has 18 heavy (non-hydrogen) atoms. The molecule has 2 N–H and O–H groups in total. The molecule has 2 atom stereocenters. The number of hydrogen-bond acceptors (Lipinski definition) is 4. The van der Waals surface area contributed by atoms with E-state index in [2.05, 4.69) is 15.6 Å². The Bertz CT molecular complexity index is 394. The van der Waals surface area contributed by atoms with Crippen LogP contribution >= 0.6 is 11.3 Å². The van der Waals surface area contributed by atoms with Gasteiger partial charge >= 0.3 is 0 Å². The molecular weight excluding hydrogens is 246 g/mol. The van der Waals surface area contributed by atoms with Crippen LogP contribution in [0.3, 0.4) is 0 Å². The maximum Gasteiger partial charge on any atom is 0.220 e. The molecule has 3 heterocycles. The minimum Gasteiger partial charge on any atom is -0.350 e. The predicted molar refractivity (Wildman–Crippen MR) is 71.2 cm³/mol. The summed E-state index contributed by atoms with van der Waals surface area (Å²) in [5.41, 5.74) is 0. The summed E-state index contributed by atoms with van der Waals surface area (Å²) < 4.78 is 0. The summed E-state index contributed by atoms with van der Waals surface area (Å²) in [4.78, 5) is 16.0. The molecule has 4 nitrogen and oxygen atoms in total. The van der Waals surface area contributed by atoms with Gasteiger partial charge in [0.1, 0.15) is 5.01 Å². The summed E-state index contributed by atoms with van der Waals surface area (Å²) in [6, 6.07) is 1.33. The van der Waals surface area contributed by atoms with Crippen molar-refractivity contribution < 1.29 is 4.79 Å². The number of hydrogen-bond donors (Lipinski definition) is 2. The first-order chi connectivity index (χ1) is 8.79. The molecule has 2 aliphatic rings. The molecule has 2 saturated heterocycles. The van der Waals surface area contributed by atoms with Gasteiger partial charge in [-0.15, -0.1) is 11.3 Å². The van der Waals surface area contributed by atoms with Crippen LogP contribution in [0, 0.1) is 5.92 Å². The monoisotopic (exact) mass is 265 g/mol. The van der Waals surface area contributed by atoms with Gasteiger partial charge in [0.15, 0.2) is 0 Å². The van der Waals surface area contributed by atoms with E-state index in [4.69, 9.17) is 0 Å². The lowest BCUT2D eigenvalue weighted by atomic mass is 9.89. The number of aromatic nitrogens is 1. The van der Waals surface area contributed by atoms with Gasteiger partial charge in [0.05, 0.1) is 6.54 Å². The van der Waals surface area contributed by atoms with Gasteiger partial charge < -0.3 is 10.6 Å². The predicted octanol–water partition coefficient (Wildman–Crippen LogP) is 1.68. The molecule has 0 aromatic carbocycles. The SMILES string of the molecule is O=C(CC1CC2CCC(C1)N2)NCc1nccs1. The second-order valence-corrected chi connectivity index (χ2v) is 6.36. The molecule has 0 radical (unpaired) electrons. The first-order valence-electron chi connectivity index (χ1n) is 6.70. The van der Waals surface area contributed by atoms with E-state index in [0.717, 1.165) is 5.01 Å². The Morgan fingerprint density at radius 1 is 1.44 bits per heavy atom. The second-order valence-electron chi connectivity index (χ2n) is 5.38. The molecule has 1 amide bonds. The standard InChI is InChI=1S/C13H19N3OS/c17-12(15-8-13-14-3-4-18-13)7-9-5-10-1-2-11(6-9)16-10/h3-4,9-11,16H,1-2,5-8H2,(H,15,17). The Kier molecular flexibility index (Phi) is 3.61. The maximum absolute atomic E-state index is 11.9. The van der Waals surface area contributed by atoms with Crippen molar-refractivity contribution in [2.24, 2.45) is 5.92 Å². The first kappa shape index (κ1) is 12.1. The fraction of sp³-hybridized carbons (Fsp3) is 0.692. The number of carbonyl (C=O) groups excluding carboxylic acids is 1. The lowest BCUT2D eigenvalue weighted by Crippen LogP contribution is -2.39. The number of rotatable bonds is 4. The smallest absolute Gasteiger partial charge is 0.220 e. The molecule has 2 fully saturated rings. The van der Waals surface area contributed by atoms with Crippen molar-refractivity contribution in [2.75, 3.05) is 0 Å². The average Bonchev–Trinajstić information content (AvgIpc) is 2.97. The summed E-state index contributed by atoms with van der Waals surface area (Å²) >= 11 is 1.59. The van der Waals surface area contributed by atoms with Crippen molar-refractivity contribution >= 4 is 17.2 Å². The normalized spacial score (nSPS) is 30.3. The van der Waals surface area contributed by atoms with E-state index in [9.17, 15) is 4.79 Å². The summed E-state index contributed by atoms with van der Waals surface area (Å²) in [6.07, 6.45) is 7.38. The van der Waals surface area contributed by atoms with Crippen molar-refractivity contribution in [1.29, 1.82) is 0 Å². The van der Waals surface area contributed by atoms with Gasteiger partial charge in [-0.3, -0.25) is 4.79 Å². The minimum absolute atomic E-state index is 0.177. The Balaban J connectivity index is 1.43. The number of nitrogens with one attached hydrogen (secondary N) is 2. The molecule has 2 bridgehead atoms. The number of thiazole rings is 1. The largest absolute Gasteiger partial charge is 0.350 e. The third-order valence-electron chi connectivity index (χ3n) is 3.97. The minimum atomic E-state index is 0.177.